The van der Waals surface area contributed by atoms with Crippen molar-refractivity contribution in [1.29, 1.82) is 0 Å². The first-order valence-corrected chi connectivity index (χ1v) is 9.55. The minimum atomic E-state index is 0.392. The molecule has 0 radical (unpaired) electrons. The minimum Gasteiger partial charge on any atom is -0.356 e. The van der Waals surface area contributed by atoms with Crippen LogP contribution in [0.3, 0.4) is 0 Å². The van der Waals surface area contributed by atoms with Crippen molar-refractivity contribution in [2.24, 2.45) is 0 Å². The number of hydrogen-bond acceptors (Lipinski definition) is 6. The Morgan fingerprint density at radius 3 is 2.58 bits per heavy atom. The highest BCUT2D eigenvalue weighted by atomic mass is 15.4. The number of nitrogens with zero attached hydrogens (tertiary/aromatic N) is 7. The molecule has 26 heavy (non-hydrogen) atoms. The zero-order valence-corrected chi connectivity index (χ0v) is 15.0. The van der Waals surface area contributed by atoms with Gasteiger partial charge < -0.3 is 4.90 Å². The molecule has 7 nitrogen and oxygen atoms in total. The molecule has 4 heterocycles. The highest BCUT2D eigenvalue weighted by molar-refractivity contribution is 5.40. The summed E-state index contributed by atoms with van der Waals surface area (Å²) in [5.74, 6) is 4.05. The van der Waals surface area contributed by atoms with Gasteiger partial charge in [-0.2, -0.15) is 9.61 Å². The van der Waals surface area contributed by atoms with Crippen LogP contribution >= 0.6 is 0 Å². The molecule has 0 amide bonds. The van der Waals surface area contributed by atoms with E-state index in [0.717, 1.165) is 54.7 Å². The summed E-state index contributed by atoms with van der Waals surface area (Å²) in [5, 5.41) is 13.3. The van der Waals surface area contributed by atoms with E-state index in [1.54, 1.807) is 0 Å². The quantitative estimate of drug-likeness (QED) is 0.724. The molecule has 2 fully saturated rings. The van der Waals surface area contributed by atoms with Gasteiger partial charge in [-0.15, -0.1) is 10.2 Å². The number of aryl methyl sites for hydroxylation is 1. The van der Waals surface area contributed by atoms with Crippen LogP contribution in [0.4, 0.5) is 5.82 Å². The number of rotatable bonds is 3. The fraction of sp³-hybridized carbons (Fsp3) is 0.526. The summed E-state index contributed by atoms with van der Waals surface area (Å²) >= 11 is 0. The fourth-order valence-electron chi connectivity index (χ4n) is 3.92. The maximum Gasteiger partial charge on any atom is 0.177 e. The molecule has 0 spiro atoms. The third-order valence-corrected chi connectivity index (χ3v) is 5.73. The maximum absolute atomic E-state index is 4.84. The highest BCUT2D eigenvalue weighted by Gasteiger charge is 2.27. The first-order chi connectivity index (χ1) is 12.8. The Hall–Kier alpha value is -2.57. The highest BCUT2D eigenvalue weighted by Crippen LogP contribution is 2.35. The Bertz CT molecular complexity index is 923. The molecule has 3 aromatic rings. The van der Waals surface area contributed by atoms with Crippen molar-refractivity contribution in [3.8, 4) is 0 Å². The van der Waals surface area contributed by atoms with Crippen molar-refractivity contribution in [1.82, 2.24) is 29.8 Å². The molecule has 7 heteroatoms. The van der Waals surface area contributed by atoms with E-state index in [-0.39, 0.29) is 0 Å². The van der Waals surface area contributed by atoms with Gasteiger partial charge in [-0.25, -0.2) is 9.97 Å². The fourth-order valence-corrected chi connectivity index (χ4v) is 3.92. The van der Waals surface area contributed by atoms with Crippen LogP contribution in [0.15, 0.2) is 24.4 Å². The number of anilines is 1. The first kappa shape index (κ1) is 15.7. The molecule has 3 aromatic heterocycles. The molecular weight excluding hydrogens is 326 g/mol. The summed E-state index contributed by atoms with van der Waals surface area (Å²) in [6.07, 6.45) is 7.78. The van der Waals surface area contributed by atoms with Crippen LogP contribution in [-0.2, 0) is 0 Å². The van der Waals surface area contributed by atoms with E-state index < -0.39 is 0 Å². The molecular formula is C19H23N7. The second-order valence-electron chi connectivity index (χ2n) is 7.47. The zero-order chi connectivity index (χ0) is 17.5. The summed E-state index contributed by atoms with van der Waals surface area (Å²) < 4.78 is 1.91. The third-order valence-electron chi connectivity index (χ3n) is 5.73. The summed E-state index contributed by atoms with van der Waals surface area (Å²) in [5.41, 5.74) is 1.81. The first-order valence-electron chi connectivity index (χ1n) is 9.55. The van der Waals surface area contributed by atoms with Gasteiger partial charge in [-0.3, -0.25) is 0 Å². The summed E-state index contributed by atoms with van der Waals surface area (Å²) in [6.45, 7) is 3.96. The SMILES string of the molecule is Cc1ccc2nnc(C3CCN(c4ccnc(C5CCC5)n4)CC3)n2n1. The average molecular weight is 349 g/mol. The molecule has 0 unspecified atom stereocenters. The third kappa shape index (κ3) is 2.71. The minimum absolute atomic E-state index is 0.392. The zero-order valence-electron chi connectivity index (χ0n) is 15.0. The molecule has 1 aliphatic carbocycles. The Balaban J connectivity index is 1.32. The number of hydrogen-bond donors (Lipinski definition) is 0. The predicted octanol–water partition coefficient (Wildman–Crippen LogP) is 2.87. The van der Waals surface area contributed by atoms with Crippen molar-refractivity contribution < 1.29 is 0 Å². The van der Waals surface area contributed by atoms with Crippen LogP contribution in [0.25, 0.3) is 5.65 Å². The molecule has 5 rings (SSSR count). The lowest BCUT2D eigenvalue weighted by atomic mass is 9.85. The topological polar surface area (TPSA) is 72.1 Å². The van der Waals surface area contributed by atoms with Crippen molar-refractivity contribution in [3.63, 3.8) is 0 Å². The average Bonchev–Trinajstić information content (AvgIpc) is 3.04. The van der Waals surface area contributed by atoms with Gasteiger partial charge in [-0.1, -0.05) is 6.42 Å². The van der Waals surface area contributed by atoms with Crippen LogP contribution in [0.2, 0.25) is 0 Å². The van der Waals surface area contributed by atoms with Crippen LogP contribution in [0, 0.1) is 6.92 Å². The Morgan fingerprint density at radius 2 is 1.81 bits per heavy atom. The number of fused-ring (bicyclic) bond motifs is 1. The largest absolute Gasteiger partial charge is 0.356 e. The molecule has 1 aliphatic heterocycles. The molecule has 0 aromatic carbocycles. The van der Waals surface area contributed by atoms with Gasteiger partial charge in [0.05, 0.1) is 5.69 Å². The second-order valence-corrected chi connectivity index (χ2v) is 7.47. The smallest absolute Gasteiger partial charge is 0.177 e. The standard InChI is InChI=1S/C19H23N7/c1-13-5-6-17-22-23-19(26(17)24-13)15-8-11-25(12-9-15)16-7-10-20-18(21-16)14-3-2-4-14/h5-7,10,14-15H,2-4,8-9,11-12H2,1H3. The number of piperidine rings is 1. The van der Waals surface area contributed by atoms with Gasteiger partial charge >= 0.3 is 0 Å². The van der Waals surface area contributed by atoms with Crippen molar-refractivity contribution in [2.75, 3.05) is 18.0 Å². The van der Waals surface area contributed by atoms with E-state index >= 15 is 0 Å². The molecule has 134 valence electrons. The maximum atomic E-state index is 4.84. The summed E-state index contributed by atoms with van der Waals surface area (Å²) in [4.78, 5) is 11.7. The van der Waals surface area contributed by atoms with Crippen LogP contribution in [0.1, 0.15) is 61.3 Å². The molecule has 1 saturated carbocycles. The van der Waals surface area contributed by atoms with Gasteiger partial charge in [-0.05, 0) is 50.8 Å². The van der Waals surface area contributed by atoms with Crippen LogP contribution < -0.4 is 4.90 Å². The van der Waals surface area contributed by atoms with Crippen molar-refractivity contribution in [2.45, 2.75) is 50.9 Å². The van der Waals surface area contributed by atoms with Crippen LogP contribution in [0.5, 0.6) is 0 Å². The Morgan fingerprint density at radius 1 is 0.962 bits per heavy atom. The lowest BCUT2D eigenvalue weighted by molar-refractivity contribution is 0.400. The number of aromatic nitrogens is 6. The van der Waals surface area contributed by atoms with Crippen molar-refractivity contribution >= 4 is 11.5 Å². The van der Waals surface area contributed by atoms with E-state index in [1.807, 2.05) is 35.8 Å². The molecule has 2 aliphatic rings. The molecule has 0 atom stereocenters. The predicted molar refractivity (Wildman–Crippen MR) is 98.3 cm³/mol. The van der Waals surface area contributed by atoms with E-state index in [2.05, 4.69) is 25.2 Å². The Labute approximate surface area is 152 Å². The second kappa shape index (κ2) is 6.30. The van der Waals surface area contributed by atoms with Gasteiger partial charge in [0, 0.05) is 31.1 Å². The lowest BCUT2D eigenvalue weighted by Gasteiger charge is -2.32. The normalized spacial score (nSPS) is 19.0. The monoisotopic (exact) mass is 349 g/mol. The van der Waals surface area contributed by atoms with E-state index in [9.17, 15) is 0 Å². The molecule has 0 N–H and O–H groups in total. The van der Waals surface area contributed by atoms with E-state index in [0.29, 0.717) is 11.8 Å². The molecule has 1 saturated heterocycles. The lowest BCUT2D eigenvalue weighted by Crippen LogP contribution is -2.34. The van der Waals surface area contributed by atoms with Gasteiger partial charge in [0.15, 0.2) is 11.5 Å². The van der Waals surface area contributed by atoms with E-state index in [4.69, 9.17) is 4.98 Å². The van der Waals surface area contributed by atoms with Crippen LogP contribution in [-0.4, -0.2) is 42.9 Å². The van der Waals surface area contributed by atoms with Crippen molar-refractivity contribution in [3.05, 3.63) is 41.7 Å². The van der Waals surface area contributed by atoms with Gasteiger partial charge in [0.1, 0.15) is 11.6 Å². The van der Waals surface area contributed by atoms with E-state index in [1.165, 1.54) is 19.3 Å². The summed E-state index contributed by atoms with van der Waals surface area (Å²) in [7, 11) is 0. The van der Waals surface area contributed by atoms with Gasteiger partial charge in [0.25, 0.3) is 0 Å². The van der Waals surface area contributed by atoms with Gasteiger partial charge in [0.2, 0.25) is 0 Å². The molecule has 0 bridgehead atoms. The Kier molecular flexibility index (Phi) is 3.80. The summed E-state index contributed by atoms with van der Waals surface area (Å²) in [6, 6.07) is 6.00.